The number of benzene rings is 1. The van der Waals surface area contributed by atoms with Gasteiger partial charge in [0.1, 0.15) is 6.54 Å². The van der Waals surface area contributed by atoms with Crippen molar-refractivity contribution in [2.75, 3.05) is 13.7 Å². The van der Waals surface area contributed by atoms with Crippen LogP contribution < -0.4 is 5.32 Å². The van der Waals surface area contributed by atoms with Gasteiger partial charge in [-0.3, -0.25) is 9.59 Å². The number of rotatable bonds is 3. The first-order valence-electron chi connectivity index (χ1n) is 4.30. The molecule has 80 valence electrons. The van der Waals surface area contributed by atoms with Crippen LogP contribution in [-0.4, -0.2) is 24.9 Å². The number of hydrogen-bond donors (Lipinski definition) is 1. The standard InChI is InChI=1S/C10H11NO3S/c1-14-9(12)7-11-10(13)15-8-5-3-2-4-6-8/h2-6H,7H2,1H3,(H,11,13). The molecule has 0 radical (unpaired) electrons. The molecular formula is C10H11NO3S. The Hall–Kier alpha value is -1.49. The minimum absolute atomic E-state index is 0.102. The summed E-state index contributed by atoms with van der Waals surface area (Å²) in [5, 5.41) is 2.16. The number of thioether (sulfide) groups is 1. The second kappa shape index (κ2) is 6.08. The van der Waals surface area contributed by atoms with Gasteiger partial charge in [0.15, 0.2) is 0 Å². The summed E-state index contributed by atoms with van der Waals surface area (Å²) in [7, 11) is 1.28. The van der Waals surface area contributed by atoms with E-state index in [2.05, 4.69) is 10.1 Å². The molecule has 0 aliphatic carbocycles. The van der Waals surface area contributed by atoms with Gasteiger partial charge in [-0.15, -0.1) is 0 Å². The number of methoxy groups -OCH3 is 1. The van der Waals surface area contributed by atoms with Gasteiger partial charge < -0.3 is 10.1 Å². The maximum Gasteiger partial charge on any atom is 0.325 e. The van der Waals surface area contributed by atoms with E-state index in [1.165, 1.54) is 7.11 Å². The van der Waals surface area contributed by atoms with E-state index in [-0.39, 0.29) is 11.8 Å². The molecule has 0 saturated heterocycles. The van der Waals surface area contributed by atoms with Crippen LogP contribution in [0.5, 0.6) is 0 Å². The fourth-order valence-electron chi connectivity index (χ4n) is 0.848. The zero-order valence-electron chi connectivity index (χ0n) is 8.23. The SMILES string of the molecule is COC(=O)CNC(=O)Sc1ccccc1. The number of esters is 1. The summed E-state index contributed by atoms with van der Waals surface area (Å²) in [5.74, 6) is -0.461. The molecule has 0 unspecified atom stereocenters. The Morgan fingerprint density at radius 3 is 2.60 bits per heavy atom. The van der Waals surface area contributed by atoms with Gasteiger partial charge in [-0.05, 0) is 23.9 Å². The summed E-state index contributed by atoms with van der Waals surface area (Å²) in [6.07, 6.45) is 0. The van der Waals surface area contributed by atoms with E-state index >= 15 is 0 Å². The molecular weight excluding hydrogens is 214 g/mol. The molecule has 15 heavy (non-hydrogen) atoms. The lowest BCUT2D eigenvalue weighted by atomic mass is 10.4. The van der Waals surface area contributed by atoms with Crippen LogP contribution in [0.15, 0.2) is 35.2 Å². The van der Waals surface area contributed by atoms with Gasteiger partial charge in [0, 0.05) is 4.90 Å². The highest BCUT2D eigenvalue weighted by Gasteiger charge is 2.06. The Morgan fingerprint density at radius 1 is 1.33 bits per heavy atom. The topological polar surface area (TPSA) is 55.4 Å². The number of carbonyl (C=O) groups is 2. The van der Waals surface area contributed by atoms with Gasteiger partial charge in [-0.1, -0.05) is 18.2 Å². The minimum Gasteiger partial charge on any atom is -0.468 e. The molecule has 5 heteroatoms. The van der Waals surface area contributed by atoms with Crippen LogP contribution in [-0.2, 0) is 9.53 Å². The van der Waals surface area contributed by atoms with Gasteiger partial charge in [0.25, 0.3) is 5.24 Å². The van der Waals surface area contributed by atoms with Crippen LogP contribution in [0.1, 0.15) is 0 Å². The first kappa shape index (κ1) is 11.6. The molecule has 1 rings (SSSR count). The highest BCUT2D eigenvalue weighted by Crippen LogP contribution is 2.16. The second-order valence-electron chi connectivity index (χ2n) is 2.63. The van der Waals surface area contributed by atoms with Gasteiger partial charge in [0.2, 0.25) is 0 Å². The predicted molar refractivity (Wildman–Crippen MR) is 57.7 cm³/mol. The predicted octanol–water partition coefficient (Wildman–Crippen LogP) is 1.66. The van der Waals surface area contributed by atoms with Crippen molar-refractivity contribution >= 4 is 23.0 Å². The van der Waals surface area contributed by atoms with Crippen LogP contribution in [0.4, 0.5) is 4.79 Å². The zero-order valence-corrected chi connectivity index (χ0v) is 9.04. The molecule has 1 amide bonds. The summed E-state index contributed by atoms with van der Waals surface area (Å²) in [4.78, 5) is 22.8. The molecule has 0 heterocycles. The molecule has 0 fully saturated rings. The fraction of sp³-hybridized carbons (Fsp3) is 0.200. The van der Waals surface area contributed by atoms with Crippen LogP contribution in [0.3, 0.4) is 0 Å². The van der Waals surface area contributed by atoms with E-state index in [1.807, 2.05) is 30.3 Å². The quantitative estimate of drug-likeness (QED) is 0.628. The summed E-state index contributed by atoms with van der Waals surface area (Å²) in [6.45, 7) is -0.102. The number of hydrogen-bond acceptors (Lipinski definition) is 4. The van der Waals surface area contributed by atoms with E-state index in [0.29, 0.717) is 0 Å². The number of carbonyl (C=O) groups excluding carboxylic acids is 2. The first-order valence-corrected chi connectivity index (χ1v) is 5.11. The minimum atomic E-state index is -0.461. The Labute approximate surface area is 92.0 Å². The van der Waals surface area contributed by atoms with Crippen molar-refractivity contribution in [1.82, 2.24) is 5.32 Å². The lowest BCUT2D eigenvalue weighted by molar-refractivity contribution is -0.139. The number of nitrogens with one attached hydrogen (secondary N) is 1. The van der Waals surface area contributed by atoms with E-state index in [0.717, 1.165) is 16.7 Å². The van der Waals surface area contributed by atoms with Gasteiger partial charge in [-0.25, -0.2) is 0 Å². The molecule has 0 aliphatic heterocycles. The van der Waals surface area contributed by atoms with Crippen LogP contribution in [0, 0.1) is 0 Å². The summed E-state index contributed by atoms with van der Waals surface area (Å²) < 4.78 is 4.39. The Kier molecular flexibility index (Phi) is 4.70. The van der Waals surface area contributed by atoms with Crippen LogP contribution in [0.25, 0.3) is 0 Å². The molecule has 1 N–H and O–H groups in total. The van der Waals surface area contributed by atoms with E-state index in [4.69, 9.17) is 0 Å². The maximum absolute atomic E-state index is 11.3. The normalized spacial score (nSPS) is 9.40. The van der Waals surface area contributed by atoms with E-state index in [9.17, 15) is 9.59 Å². The van der Waals surface area contributed by atoms with Gasteiger partial charge in [0.05, 0.1) is 7.11 Å². The Bertz CT molecular complexity index is 340. The van der Waals surface area contributed by atoms with Crippen molar-refractivity contribution in [1.29, 1.82) is 0 Å². The highest BCUT2D eigenvalue weighted by molar-refractivity contribution is 8.13. The van der Waals surface area contributed by atoms with Gasteiger partial charge >= 0.3 is 5.97 Å². The average Bonchev–Trinajstić information content (AvgIpc) is 2.27. The van der Waals surface area contributed by atoms with E-state index in [1.54, 1.807) is 0 Å². The van der Waals surface area contributed by atoms with Crippen molar-refractivity contribution in [3.05, 3.63) is 30.3 Å². The summed E-state index contributed by atoms with van der Waals surface area (Å²) in [5.41, 5.74) is 0. The van der Waals surface area contributed by atoms with Crippen LogP contribution >= 0.6 is 11.8 Å². The van der Waals surface area contributed by atoms with Gasteiger partial charge in [-0.2, -0.15) is 0 Å². The maximum atomic E-state index is 11.3. The number of amides is 1. The zero-order chi connectivity index (χ0) is 11.1. The van der Waals surface area contributed by atoms with Crippen molar-refractivity contribution in [2.45, 2.75) is 4.90 Å². The smallest absolute Gasteiger partial charge is 0.325 e. The molecule has 1 aromatic carbocycles. The molecule has 0 saturated carbocycles. The molecule has 0 atom stereocenters. The molecule has 0 bridgehead atoms. The monoisotopic (exact) mass is 225 g/mol. The molecule has 0 spiro atoms. The molecule has 4 nitrogen and oxygen atoms in total. The second-order valence-corrected chi connectivity index (χ2v) is 3.68. The van der Waals surface area contributed by atoms with Crippen molar-refractivity contribution in [3.8, 4) is 0 Å². The third-order valence-corrected chi connectivity index (χ3v) is 2.40. The third kappa shape index (κ3) is 4.51. The van der Waals surface area contributed by atoms with Crippen molar-refractivity contribution < 1.29 is 14.3 Å². The molecule has 0 aromatic heterocycles. The molecule has 1 aromatic rings. The van der Waals surface area contributed by atoms with Crippen molar-refractivity contribution in [2.24, 2.45) is 0 Å². The summed E-state index contributed by atoms with van der Waals surface area (Å²) in [6, 6.07) is 9.20. The highest BCUT2D eigenvalue weighted by atomic mass is 32.2. The third-order valence-electron chi connectivity index (χ3n) is 1.56. The average molecular weight is 225 g/mol. The van der Waals surface area contributed by atoms with Crippen molar-refractivity contribution in [3.63, 3.8) is 0 Å². The Morgan fingerprint density at radius 2 is 2.00 bits per heavy atom. The lowest BCUT2D eigenvalue weighted by Crippen LogP contribution is -2.26. The van der Waals surface area contributed by atoms with Crippen LogP contribution in [0.2, 0.25) is 0 Å². The largest absolute Gasteiger partial charge is 0.468 e. The Balaban J connectivity index is 2.34. The fourth-order valence-corrected chi connectivity index (χ4v) is 1.50. The van der Waals surface area contributed by atoms with E-state index < -0.39 is 5.97 Å². The summed E-state index contributed by atoms with van der Waals surface area (Å²) >= 11 is 1.04. The number of ether oxygens (including phenoxy) is 1. The lowest BCUT2D eigenvalue weighted by Gasteiger charge is -2.02. The first-order chi connectivity index (χ1) is 7.22. The molecule has 0 aliphatic rings.